The van der Waals surface area contributed by atoms with Crippen LogP contribution in [0.15, 0.2) is 22.7 Å². The number of likely N-dealkylation sites (N-methyl/N-ethyl adjacent to an activating group) is 1. The van der Waals surface area contributed by atoms with Crippen LogP contribution in [-0.2, 0) is 9.53 Å². The Bertz CT molecular complexity index is 548. The van der Waals surface area contributed by atoms with Crippen LogP contribution >= 0.6 is 15.9 Å². The van der Waals surface area contributed by atoms with Crippen molar-refractivity contribution < 1.29 is 14.3 Å². The Labute approximate surface area is 132 Å². The van der Waals surface area contributed by atoms with Crippen molar-refractivity contribution >= 4 is 27.7 Å². The molecular weight excluding hydrogens is 336 g/mol. The first-order valence-electron chi connectivity index (χ1n) is 6.97. The predicted octanol–water partition coefficient (Wildman–Crippen LogP) is 1.73. The molecule has 1 N–H and O–H groups in total. The summed E-state index contributed by atoms with van der Waals surface area (Å²) in [4.78, 5) is 26.5. The molecule has 0 spiro atoms. The zero-order valence-corrected chi connectivity index (χ0v) is 13.8. The molecule has 1 aliphatic rings. The third-order valence-corrected chi connectivity index (χ3v) is 3.97. The number of nitrogens with one attached hydrogen (secondary N) is 1. The molecule has 1 atom stereocenters. The van der Waals surface area contributed by atoms with Gasteiger partial charge in [-0.1, -0.05) is 22.0 Å². The zero-order chi connectivity index (χ0) is 15.4. The molecule has 0 saturated carbocycles. The maximum Gasteiger partial charge on any atom is 0.255 e. The quantitative estimate of drug-likeness (QED) is 0.899. The lowest BCUT2D eigenvalue weighted by molar-refractivity contribution is -0.130. The molecule has 2 amide bonds. The van der Waals surface area contributed by atoms with Gasteiger partial charge in [0, 0.05) is 23.1 Å². The minimum atomic E-state index is -0.565. The van der Waals surface area contributed by atoms with E-state index in [4.69, 9.17) is 4.74 Å². The van der Waals surface area contributed by atoms with Gasteiger partial charge < -0.3 is 15.0 Å². The Kier molecular flexibility index (Phi) is 5.36. The summed E-state index contributed by atoms with van der Waals surface area (Å²) in [6.07, 6.45) is 0. The summed E-state index contributed by atoms with van der Waals surface area (Å²) < 4.78 is 6.20. The van der Waals surface area contributed by atoms with E-state index >= 15 is 0 Å². The van der Waals surface area contributed by atoms with Crippen LogP contribution in [0.3, 0.4) is 0 Å². The number of ether oxygens (including phenoxy) is 1. The molecule has 1 unspecified atom stereocenters. The van der Waals surface area contributed by atoms with Crippen LogP contribution in [0.5, 0.6) is 0 Å². The molecule has 1 aliphatic heterocycles. The van der Waals surface area contributed by atoms with Gasteiger partial charge in [0.25, 0.3) is 5.91 Å². The number of hydrogen-bond donors (Lipinski definition) is 1. The third kappa shape index (κ3) is 3.63. The maximum absolute atomic E-state index is 12.8. The zero-order valence-electron chi connectivity index (χ0n) is 12.2. The highest BCUT2D eigenvalue weighted by atomic mass is 79.9. The van der Waals surface area contributed by atoms with E-state index in [1.165, 1.54) is 0 Å². The van der Waals surface area contributed by atoms with Crippen molar-refractivity contribution in [3.8, 4) is 0 Å². The fourth-order valence-corrected chi connectivity index (χ4v) is 2.70. The van der Waals surface area contributed by atoms with Gasteiger partial charge in [0.15, 0.2) is 0 Å². The van der Waals surface area contributed by atoms with E-state index in [2.05, 4.69) is 21.2 Å². The molecule has 1 aromatic carbocycles. The van der Waals surface area contributed by atoms with Crippen LogP contribution in [0.25, 0.3) is 0 Å². The molecule has 21 heavy (non-hydrogen) atoms. The first-order valence-corrected chi connectivity index (χ1v) is 7.76. The minimum absolute atomic E-state index is 0.131. The first kappa shape index (κ1) is 16.0. The van der Waals surface area contributed by atoms with Crippen molar-refractivity contribution in [3.05, 3.63) is 33.8 Å². The Morgan fingerprint density at radius 1 is 1.48 bits per heavy atom. The van der Waals surface area contributed by atoms with Crippen molar-refractivity contribution in [3.63, 3.8) is 0 Å². The highest BCUT2D eigenvalue weighted by Crippen LogP contribution is 2.20. The van der Waals surface area contributed by atoms with Crippen LogP contribution in [0, 0.1) is 6.92 Å². The van der Waals surface area contributed by atoms with Crippen molar-refractivity contribution in [2.45, 2.75) is 19.9 Å². The van der Waals surface area contributed by atoms with Gasteiger partial charge in [-0.05, 0) is 31.5 Å². The number of carbonyl (C=O) groups excluding carboxylic acids is 2. The van der Waals surface area contributed by atoms with Crippen LogP contribution in [0.4, 0.5) is 0 Å². The SMILES string of the molecule is CCNC(=O)C1COCCN1C(=O)c1cc(Br)ccc1C. The second-order valence-corrected chi connectivity index (χ2v) is 5.86. The molecule has 5 nitrogen and oxygen atoms in total. The molecular formula is C15H19BrN2O3. The van der Waals surface area contributed by atoms with Gasteiger partial charge >= 0.3 is 0 Å². The molecule has 1 heterocycles. The average Bonchev–Trinajstić information content (AvgIpc) is 2.49. The Hall–Kier alpha value is -1.40. The van der Waals surface area contributed by atoms with Gasteiger partial charge in [0.1, 0.15) is 6.04 Å². The Morgan fingerprint density at radius 2 is 2.24 bits per heavy atom. The average molecular weight is 355 g/mol. The number of amides is 2. The number of halogens is 1. The molecule has 0 aliphatic carbocycles. The molecule has 0 aromatic heterocycles. The third-order valence-electron chi connectivity index (χ3n) is 3.47. The number of carbonyl (C=O) groups is 2. The number of nitrogens with zero attached hydrogens (tertiary/aromatic N) is 1. The van der Waals surface area contributed by atoms with Crippen LogP contribution < -0.4 is 5.32 Å². The maximum atomic E-state index is 12.8. The number of benzene rings is 1. The van der Waals surface area contributed by atoms with E-state index in [0.29, 0.717) is 25.3 Å². The summed E-state index contributed by atoms with van der Waals surface area (Å²) in [7, 11) is 0. The van der Waals surface area contributed by atoms with Crippen molar-refractivity contribution in [2.75, 3.05) is 26.3 Å². The normalized spacial score (nSPS) is 18.4. The Balaban J connectivity index is 2.26. The summed E-state index contributed by atoms with van der Waals surface area (Å²) in [5, 5.41) is 2.76. The lowest BCUT2D eigenvalue weighted by Crippen LogP contribution is -2.56. The van der Waals surface area contributed by atoms with Gasteiger partial charge in [0.05, 0.1) is 13.2 Å². The summed E-state index contributed by atoms with van der Waals surface area (Å²) in [6, 6.07) is 5.01. The molecule has 114 valence electrons. The van der Waals surface area contributed by atoms with E-state index in [0.717, 1.165) is 10.0 Å². The highest BCUT2D eigenvalue weighted by Gasteiger charge is 2.33. The number of rotatable bonds is 3. The van der Waals surface area contributed by atoms with Gasteiger partial charge in [-0.25, -0.2) is 0 Å². The van der Waals surface area contributed by atoms with Crippen LogP contribution in [-0.4, -0.2) is 49.1 Å². The van der Waals surface area contributed by atoms with Crippen LogP contribution in [0.1, 0.15) is 22.8 Å². The first-order chi connectivity index (χ1) is 10.0. The summed E-state index contributed by atoms with van der Waals surface area (Å²) in [6.45, 7) is 5.40. The second-order valence-electron chi connectivity index (χ2n) is 4.94. The number of morpholine rings is 1. The van der Waals surface area contributed by atoms with E-state index < -0.39 is 6.04 Å². The van der Waals surface area contributed by atoms with E-state index in [9.17, 15) is 9.59 Å². The highest BCUT2D eigenvalue weighted by molar-refractivity contribution is 9.10. The fourth-order valence-electron chi connectivity index (χ4n) is 2.34. The second kappa shape index (κ2) is 7.04. The largest absolute Gasteiger partial charge is 0.377 e. The van der Waals surface area contributed by atoms with E-state index in [1.54, 1.807) is 11.0 Å². The summed E-state index contributed by atoms with van der Waals surface area (Å²) in [5.74, 6) is -0.299. The van der Waals surface area contributed by atoms with Gasteiger partial charge in [0.2, 0.25) is 5.91 Å². The monoisotopic (exact) mass is 354 g/mol. The van der Waals surface area contributed by atoms with Gasteiger partial charge in [-0.2, -0.15) is 0 Å². The fraction of sp³-hybridized carbons (Fsp3) is 0.467. The smallest absolute Gasteiger partial charge is 0.255 e. The Morgan fingerprint density at radius 3 is 2.95 bits per heavy atom. The lowest BCUT2D eigenvalue weighted by Gasteiger charge is -2.34. The molecule has 1 aromatic rings. The molecule has 0 radical (unpaired) electrons. The lowest BCUT2D eigenvalue weighted by atomic mass is 10.1. The molecule has 1 saturated heterocycles. The van der Waals surface area contributed by atoms with Gasteiger partial charge in [-0.15, -0.1) is 0 Å². The summed E-state index contributed by atoms with van der Waals surface area (Å²) >= 11 is 3.38. The molecule has 6 heteroatoms. The topological polar surface area (TPSA) is 58.6 Å². The number of hydrogen-bond acceptors (Lipinski definition) is 3. The molecule has 0 bridgehead atoms. The summed E-state index contributed by atoms with van der Waals surface area (Å²) in [5.41, 5.74) is 1.50. The predicted molar refractivity (Wildman–Crippen MR) is 83.2 cm³/mol. The van der Waals surface area contributed by atoms with E-state index in [-0.39, 0.29) is 18.4 Å². The van der Waals surface area contributed by atoms with Crippen molar-refractivity contribution in [1.29, 1.82) is 0 Å². The van der Waals surface area contributed by atoms with Crippen LogP contribution in [0.2, 0.25) is 0 Å². The standard InChI is InChI=1S/C15H19BrN2O3/c1-3-17-14(19)13-9-21-7-6-18(13)15(20)12-8-11(16)5-4-10(12)2/h4-5,8,13H,3,6-7,9H2,1-2H3,(H,17,19). The minimum Gasteiger partial charge on any atom is -0.377 e. The molecule has 2 rings (SSSR count). The van der Waals surface area contributed by atoms with Crippen molar-refractivity contribution in [1.82, 2.24) is 10.2 Å². The van der Waals surface area contributed by atoms with Gasteiger partial charge in [-0.3, -0.25) is 9.59 Å². The number of aryl methyl sites for hydroxylation is 1. The van der Waals surface area contributed by atoms with E-state index in [1.807, 2.05) is 26.0 Å². The molecule has 1 fully saturated rings. The van der Waals surface area contributed by atoms with Crippen molar-refractivity contribution in [2.24, 2.45) is 0 Å².